The minimum atomic E-state index is -0.588. The molecule has 1 aromatic heterocycles. The van der Waals surface area contributed by atoms with Gasteiger partial charge >= 0.3 is 5.69 Å². The minimum absolute atomic E-state index is 0.0895. The van der Waals surface area contributed by atoms with E-state index < -0.39 is 10.8 Å². The zero-order chi connectivity index (χ0) is 21.3. The van der Waals surface area contributed by atoms with E-state index in [0.717, 1.165) is 11.3 Å². The van der Waals surface area contributed by atoms with Gasteiger partial charge in [0.1, 0.15) is 11.0 Å². The van der Waals surface area contributed by atoms with Crippen molar-refractivity contribution in [1.29, 1.82) is 0 Å². The smallest absolute Gasteiger partial charge is 0.311 e. The van der Waals surface area contributed by atoms with E-state index in [-0.39, 0.29) is 17.0 Å². The first-order valence-electron chi connectivity index (χ1n) is 9.03. The normalized spacial score (nSPS) is 10.7. The third-order valence-corrected chi connectivity index (χ3v) is 4.60. The minimum Gasteiger partial charge on any atom is -0.490 e. The number of hydrogen-bond donors (Lipinski definition) is 1. The van der Waals surface area contributed by atoms with Crippen LogP contribution in [0.1, 0.15) is 15.9 Å². The van der Waals surface area contributed by atoms with E-state index in [1.54, 1.807) is 6.07 Å². The van der Waals surface area contributed by atoms with Gasteiger partial charge in [0.25, 0.3) is 5.91 Å². The fourth-order valence-corrected chi connectivity index (χ4v) is 3.05. The first-order chi connectivity index (χ1) is 14.5. The highest BCUT2D eigenvalue weighted by Gasteiger charge is 2.19. The van der Waals surface area contributed by atoms with Crippen molar-refractivity contribution in [3.05, 3.63) is 81.9 Å². The molecular weight excluding hydrogens is 386 g/mol. The van der Waals surface area contributed by atoms with Crippen LogP contribution in [0.3, 0.4) is 0 Å². The molecule has 30 heavy (non-hydrogen) atoms. The fourth-order valence-electron chi connectivity index (χ4n) is 3.05. The molecule has 9 nitrogen and oxygen atoms in total. The van der Waals surface area contributed by atoms with E-state index in [9.17, 15) is 14.9 Å². The Balaban J connectivity index is 1.65. The number of para-hydroxylation sites is 1. The highest BCUT2D eigenvalue weighted by Crippen LogP contribution is 2.28. The second-order valence-corrected chi connectivity index (χ2v) is 6.58. The van der Waals surface area contributed by atoms with Gasteiger partial charge in [-0.2, -0.15) is 4.80 Å². The van der Waals surface area contributed by atoms with Crippen LogP contribution >= 0.6 is 0 Å². The summed E-state index contributed by atoms with van der Waals surface area (Å²) in [6, 6.07) is 17.1. The number of rotatable bonds is 5. The van der Waals surface area contributed by atoms with Crippen LogP contribution in [0.4, 0.5) is 11.4 Å². The SMILES string of the molecule is COc1ccc(C(=O)Nc2cc3nn(-c4ccccc4)nc3cc2C)cc1[N+](=O)[O-]. The summed E-state index contributed by atoms with van der Waals surface area (Å²) >= 11 is 0. The van der Waals surface area contributed by atoms with Crippen molar-refractivity contribution in [1.82, 2.24) is 15.0 Å². The van der Waals surface area contributed by atoms with Gasteiger partial charge in [-0.15, -0.1) is 10.2 Å². The summed E-state index contributed by atoms with van der Waals surface area (Å²) in [4.78, 5) is 24.8. The molecule has 0 fully saturated rings. The third-order valence-electron chi connectivity index (χ3n) is 4.60. The van der Waals surface area contributed by atoms with Gasteiger partial charge in [0.05, 0.1) is 17.7 Å². The number of fused-ring (bicyclic) bond motifs is 1. The number of nitro benzene ring substituents is 1. The Labute approximate surface area is 171 Å². The Morgan fingerprint density at radius 2 is 1.77 bits per heavy atom. The van der Waals surface area contributed by atoms with Gasteiger partial charge < -0.3 is 10.1 Å². The largest absolute Gasteiger partial charge is 0.490 e. The Hall–Kier alpha value is -4.27. The van der Waals surface area contributed by atoms with Crippen LogP contribution < -0.4 is 10.1 Å². The predicted octanol–water partition coefficient (Wildman–Crippen LogP) is 3.90. The number of aryl methyl sites for hydroxylation is 1. The Kier molecular flexibility index (Phi) is 4.85. The zero-order valence-electron chi connectivity index (χ0n) is 16.2. The molecule has 1 N–H and O–H groups in total. The molecule has 4 aromatic rings. The van der Waals surface area contributed by atoms with Gasteiger partial charge in [-0.3, -0.25) is 14.9 Å². The van der Waals surface area contributed by atoms with Crippen molar-refractivity contribution in [2.45, 2.75) is 6.92 Å². The number of nitrogens with one attached hydrogen (secondary N) is 1. The van der Waals surface area contributed by atoms with Gasteiger partial charge in [-0.1, -0.05) is 18.2 Å². The molecule has 3 aromatic carbocycles. The number of ether oxygens (including phenoxy) is 1. The van der Waals surface area contributed by atoms with Crippen LogP contribution in [0.25, 0.3) is 16.7 Å². The predicted molar refractivity (Wildman–Crippen MR) is 111 cm³/mol. The van der Waals surface area contributed by atoms with Gasteiger partial charge in [-0.05, 0) is 48.9 Å². The Morgan fingerprint density at radius 3 is 2.43 bits per heavy atom. The molecule has 0 atom stereocenters. The van der Waals surface area contributed by atoms with Crippen LogP contribution in [0.2, 0.25) is 0 Å². The molecule has 0 aliphatic rings. The lowest BCUT2D eigenvalue weighted by Crippen LogP contribution is -2.13. The number of hydrogen-bond acceptors (Lipinski definition) is 6. The molecular formula is C21H17N5O4. The molecule has 0 aliphatic carbocycles. The summed E-state index contributed by atoms with van der Waals surface area (Å²) in [7, 11) is 1.34. The van der Waals surface area contributed by atoms with E-state index in [4.69, 9.17) is 4.74 Å². The van der Waals surface area contributed by atoms with E-state index in [2.05, 4.69) is 15.5 Å². The number of nitro groups is 1. The summed E-state index contributed by atoms with van der Waals surface area (Å²) in [5.74, 6) is -0.384. The lowest BCUT2D eigenvalue weighted by Gasteiger charge is -2.09. The third kappa shape index (κ3) is 3.55. The molecule has 4 rings (SSSR count). The molecule has 1 heterocycles. The highest BCUT2D eigenvalue weighted by atomic mass is 16.6. The van der Waals surface area contributed by atoms with Crippen LogP contribution in [0, 0.1) is 17.0 Å². The van der Waals surface area contributed by atoms with E-state index in [1.807, 2.05) is 43.3 Å². The molecule has 0 saturated heterocycles. The summed E-state index contributed by atoms with van der Waals surface area (Å²) in [5.41, 5.74) is 3.33. The molecule has 1 amide bonds. The lowest BCUT2D eigenvalue weighted by molar-refractivity contribution is -0.385. The average molecular weight is 403 g/mol. The summed E-state index contributed by atoms with van der Waals surface area (Å²) in [6.07, 6.45) is 0. The van der Waals surface area contributed by atoms with Crippen molar-refractivity contribution in [3.8, 4) is 11.4 Å². The lowest BCUT2D eigenvalue weighted by atomic mass is 10.1. The molecule has 0 spiro atoms. The number of carbonyl (C=O) groups is 1. The summed E-state index contributed by atoms with van der Waals surface area (Å²) < 4.78 is 4.97. The molecule has 0 unspecified atom stereocenters. The van der Waals surface area contributed by atoms with Crippen LogP contribution in [-0.4, -0.2) is 32.9 Å². The molecule has 0 aliphatic heterocycles. The van der Waals surface area contributed by atoms with E-state index in [1.165, 1.54) is 30.1 Å². The maximum Gasteiger partial charge on any atom is 0.311 e. The van der Waals surface area contributed by atoms with Crippen molar-refractivity contribution >= 4 is 28.3 Å². The van der Waals surface area contributed by atoms with Gasteiger partial charge in [-0.25, -0.2) is 0 Å². The van der Waals surface area contributed by atoms with Crippen molar-refractivity contribution in [2.24, 2.45) is 0 Å². The monoisotopic (exact) mass is 403 g/mol. The summed E-state index contributed by atoms with van der Waals surface area (Å²) in [5, 5.41) is 23.0. The summed E-state index contributed by atoms with van der Waals surface area (Å²) in [6.45, 7) is 1.84. The van der Waals surface area contributed by atoms with E-state index in [0.29, 0.717) is 16.7 Å². The number of amides is 1. The van der Waals surface area contributed by atoms with Crippen LogP contribution in [0.15, 0.2) is 60.7 Å². The molecule has 0 saturated carbocycles. The number of aromatic nitrogens is 3. The molecule has 0 bridgehead atoms. The molecule has 150 valence electrons. The average Bonchev–Trinajstić information content (AvgIpc) is 3.16. The van der Waals surface area contributed by atoms with Crippen LogP contribution in [0.5, 0.6) is 5.75 Å². The van der Waals surface area contributed by atoms with Gasteiger partial charge in [0.15, 0.2) is 5.75 Å². The Bertz CT molecular complexity index is 1270. The molecule has 9 heteroatoms. The Morgan fingerprint density at radius 1 is 1.07 bits per heavy atom. The highest BCUT2D eigenvalue weighted by molar-refractivity contribution is 6.06. The molecule has 0 radical (unpaired) electrons. The number of anilines is 1. The van der Waals surface area contributed by atoms with E-state index >= 15 is 0 Å². The topological polar surface area (TPSA) is 112 Å². The number of benzene rings is 3. The second kappa shape index (κ2) is 7.63. The van der Waals surface area contributed by atoms with Gasteiger partial charge in [0, 0.05) is 17.3 Å². The number of nitrogens with zero attached hydrogens (tertiary/aromatic N) is 4. The first-order valence-corrected chi connectivity index (χ1v) is 9.03. The van der Waals surface area contributed by atoms with Crippen molar-refractivity contribution in [3.63, 3.8) is 0 Å². The zero-order valence-corrected chi connectivity index (χ0v) is 16.2. The maximum absolute atomic E-state index is 12.7. The maximum atomic E-state index is 12.7. The van der Waals surface area contributed by atoms with Gasteiger partial charge in [0.2, 0.25) is 0 Å². The first kappa shape index (κ1) is 19.1. The second-order valence-electron chi connectivity index (χ2n) is 6.58. The van der Waals surface area contributed by atoms with Crippen LogP contribution in [-0.2, 0) is 0 Å². The van der Waals surface area contributed by atoms with Crippen molar-refractivity contribution < 1.29 is 14.5 Å². The van der Waals surface area contributed by atoms with Crippen molar-refractivity contribution in [2.75, 3.05) is 12.4 Å². The number of methoxy groups -OCH3 is 1. The fraction of sp³-hybridized carbons (Fsp3) is 0.0952. The number of carbonyl (C=O) groups excluding carboxylic acids is 1. The quantitative estimate of drug-likeness (QED) is 0.399. The standard InChI is InChI=1S/C21H17N5O4/c1-13-10-17-18(24-25(23-17)15-6-4-3-5-7-15)12-16(13)22-21(27)14-8-9-20(30-2)19(11-14)26(28)29/h3-12H,1-2H3,(H,22,27).